The van der Waals surface area contributed by atoms with E-state index in [9.17, 15) is 9.90 Å². The van der Waals surface area contributed by atoms with E-state index in [1.165, 1.54) is 0 Å². The summed E-state index contributed by atoms with van der Waals surface area (Å²) in [6, 6.07) is 2.89. The molecule has 0 fully saturated rings. The van der Waals surface area contributed by atoms with Gasteiger partial charge in [-0.15, -0.1) is 0 Å². The van der Waals surface area contributed by atoms with Gasteiger partial charge in [-0.3, -0.25) is 9.69 Å². The van der Waals surface area contributed by atoms with Crippen LogP contribution in [0.25, 0.3) is 0 Å². The van der Waals surface area contributed by atoms with Crippen LogP contribution in [0.15, 0.2) is 12.1 Å². The number of aliphatic carboxylic acids is 1. The SMILES string of the molecule is CN(CC(=O)O)C1C(O)c2cc3c(cc2OC1(C)C)OCO3. The van der Waals surface area contributed by atoms with Crippen molar-refractivity contribution in [3.63, 3.8) is 0 Å². The number of nitrogens with zero attached hydrogens (tertiary/aromatic N) is 1. The minimum absolute atomic E-state index is 0.139. The minimum Gasteiger partial charge on any atom is -0.486 e. The number of hydrogen-bond donors (Lipinski definition) is 2. The second kappa shape index (κ2) is 5.03. The van der Waals surface area contributed by atoms with Crippen molar-refractivity contribution in [2.75, 3.05) is 20.4 Å². The van der Waals surface area contributed by atoms with E-state index in [1.54, 1.807) is 24.1 Å². The average Bonchev–Trinajstić information content (AvgIpc) is 2.81. The van der Waals surface area contributed by atoms with Gasteiger partial charge in [0.2, 0.25) is 6.79 Å². The summed E-state index contributed by atoms with van der Waals surface area (Å²) < 4.78 is 16.7. The maximum atomic E-state index is 11.0. The Hall–Kier alpha value is -1.99. The van der Waals surface area contributed by atoms with E-state index >= 15 is 0 Å². The summed E-state index contributed by atoms with van der Waals surface area (Å²) in [4.78, 5) is 12.6. The molecule has 2 N–H and O–H groups in total. The van der Waals surface area contributed by atoms with E-state index in [0.29, 0.717) is 22.8 Å². The van der Waals surface area contributed by atoms with E-state index in [4.69, 9.17) is 19.3 Å². The van der Waals surface area contributed by atoms with E-state index in [0.717, 1.165) is 0 Å². The van der Waals surface area contributed by atoms with Crippen molar-refractivity contribution in [2.24, 2.45) is 0 Å². The van der Waals surface area contributed by atoms with E-state index in [-0.39, 0.29) is 13.3 Å². The summed E-state index contributed by atoms with van der Waals surface area (Å²) in [6.07, 6.45) is -0.891. The fraction of sp³-hybridized carbons (Fsp3) is 0.533. The third kappa shape index (κ3) is 2.36. The highest BCUT2D eigenvalue weighted by atomic mass is 16.7. The maximum Gasteiger partial charge on any atom is 0.317 e. The Bertz CT molecular complexity index is 614. The van der Waals surface area contributed by atoms with Gasteiger partial charge in [-0.05, 0) is 27.0 Å². The van der Waals surface area contributed by atoms with Gasteiger partial charge in [-0.1, -0.05) is 0 Å². The minimum atomic E-state index is -0.956. The van der Waals surface area contributed by atoms with Crippen LogP contribution in [0.3, 0.4) is 0 Å². The Morgan fingerprint density at radius 2 is 1.95 bits per heavy atom. The molecule has 7 heteroatoms. The Labute approximate surface area is 128 Å². The topological polar surface area (TPSA) is 88.5 Å². The predicted octanol–water partition coefficient (Wildman–Crippen LogP) is 1.00. The Morgan fingerprint density at radius 3 is 2.59 bits per heavy atom. The first-order valence-electron chi connectivity index (χ1n) is 7.02. The van der Waals surface area contributed by atoms with Gasteiger partial charge in [0.1, 0.15) is 17.5 Å². The van der Waals surface area contributed by atoms with Crippen LogP contribution in [0.1, 0.15) is 25.5 Å². The lowest BCUT2D eigenvalue weighted by Gasteiger charge is -2.46. The standard InChI is InChI=1S/C15H19NO6/c1-15(2)14(16(3)6-12(17)18)13(19)8-4-10-11(21-7-20-10)5-9(8)22-15/h4-5,13-14,19H,6-7H2,1-3H3,(H,17,18). The zero-order chi connectivity index (χ0) is 16.1. The van der Waals surface area contributed by atoms with Crippen LogP contribution in [-0.4, -0.2) is 53.1 Å². The number of likely N-dealkylation sites (N-methyl/N-ethyl adjacent to an activating group) is 1. The summed E-state index contributed by atoms with van der Waals surface area (Å²) in [5.74, 6) is 0.712. The molecule has 2 unspecified atom stereocenters. The monoisotopic (exact) mass is 309 g/mol. The number of carboxylic acid groups (broad SMARTS) is 1. The summed E-state index contributed by atoms with van der Waals surface area (Å²) >= 11 is 0. The molecule has 2 heterocycles. The summed E-state index contributed by atoms with van der Waals surface area (Å²) in [6.45, 7) is 3.61. The molecule has 0 saturated heterocycles. The quantitative estimate of drug-likeness (QED) is 0.861. The van der Waals surface area contributed by atoms with E-state index in [2.05, 4.69) is 0 Å². The molecule has 0 bridgehead atoms. The highest BCUT2D eigenvalue weighted by molar-refractivity contribution is 5.69. The first kappa shape index (κ1) is 14.9. The normalized spacial score (nSPS) is 24.8. The number of carbonyl (C=O) groups is 1. The molecule has 0 aliphatic carbocycles. The van der Waals surface area contributed by atoms with Gasteiger partial charge < -0.3 is 24.4 Å². The highest BCUT2D eigenvalue weighted by Gasteiger charge is 2.46. The van der Waals surface area contributed by atoms with Crippen LogP contribution >= 0.6 is 0 Å². The molecule has 2 aliphatic rings. The van der Waals surface area contributed by atoms with E-state index in [1.807, 2.05) is 13.8 Å². The van der Waals surface area contributed by atoms with Crippen molar-refractivity contribution in [1.82, 2.24) is 4.90 Å². The summed E-state index contributed by atoms with van der Waals surface area (Å²) in [5, 5.41) is 19.8. The molecule has 0 radical (unpaired) electrons. The first-order valence-corrected chi connectivity index (χ1v) is 7.02. The van der Waals surface area contributed by atoms with Crippen LogP contribution in [0.5, 0.6) is 17.2 Å². The fourth-order valence-corrected chi connectivity index (χ4v) is 3.24. The zero-order valence-corrected chi connectivity index (χ0v) is 12.7. The van der Waals surface area contributed by atoms with Crippen LogP contribution < -0.4 is 14.2 Å². The molecule has 2 aliphatic heterocycles. The number of ether oxygens (including phenoxy) is 3. The lowest BCUT2D eigenvalue weighted by molar-refractivity contribution is -0.142. The number of carboxylic acids is 1. The van der Waals surface area contributed by atoms with Gasteiger partial charge in [-0.25, -0.2) is 0 Å². The van der Waals surface area contributed by atoms with Crippen LogP contribution in [-0.2, 0) is 4.79 Å². The number of rotatable bonds is 3. The second-order valence-electron chi connectivity index (χ2n) is 6.15. The molecule has 0 saturated carbocycles. The van der Waals surface area contributed by atoms with Gasteiger partial charge in [0.25, 0.3) is 0 Å². The molecule has 3 rings (SSSR count). The van der Waals surface area contributed by atoms with Crippen LogP contribution in [0.2, 0.25) is 0 Å². The lowest BCUT2D eigenvalue weighted by Crippen LogP contribution is -2.57. The number of benzene rings is 1. The highest BCUT2D eigenvalue weighted by Crippen LogP contribution is 2.47. The van der Waals surface area contributed by atoms with Crippen molar-refractivity contribution in [3.8, 4) is 17.2 Å². The third-order valence-corrected chi connectivity index (χ3v) is 4.07. The first-order chi connectivity index (χ1) is 10.3. The Kier molecular flexibility index (Phi) is 3.41. The van der Waals surface area contributed by atoms with Crippen LogP contribution in [0.4, 0.5) is 0 Å². The van der Waals surface area contributed by atoms with Crippen molar-refractivity contribution in [2.45, 2.75) is 31.6 Å². The molecule has 2 atom stereocenters. The number of aliphatic hydroxyl groups excluding tert-OH is 1. The second-order valence-corrected chi connectivity index (χ2v) is 6.15. The maximum absolute atomic E-state index is 11.0. The molecule has 7 nitrogen and oxygen atoms in total. The molecule has 0 spiro atoms. The smallest absolute Gasteiger partial charge is 0.317 e. The average molecular weight is 309 g/mol. The van der Waals surface area contributed by atoms with Crippen LogP contribution in [0, 0.1) is 0 Å². The van der Waals surface area contributed by atoms with Crippen molar-refractivity contribution >= 4 is 5.97 Å². The van der Waals surface area contributed by atoms with Crippen molar-refractivity contribution in [3.05, 3.63) is 17.7 Å². The largest absolute Gasteiger partial charge is 0.486 e. The number of hydrogen-bond acceptors (Lipinski definition) is 6. The lowest BCUT2D eigenvalue weighted by atomic mass is 9.85. The molecule has 0 aromatic heterocycles. The van der Waals surface area contributed by atoms with Crippen molar-refractivity contribution in [1.29, 1.82) is 0 Å². The Morgan fingerprint density at radius 1 is 1.32 bits per heavy atom. The molecule has 1 aromatic carbocycles. The van der Waals surface area contributed by atoms with E-state index < -0.39 is 23.7 Å². The Balaban J connectivity index is 1.99. The van der Waals surface area contributed by atoms with Gasteiger partial charge in [0.15, 0.2) is 11.5 Å². The molecule has 22 heavy (non-hydrogen) atoms. The fourth-order valence-electron chi connectivity index (χ4n) is 3.24. The molecule has 0 amide bonds. The van der Waals surface area contributed by atoms with Gasteiger partial charge in [-0.2, -0.15) is 0 Å². The molecule has 120 valence electrons. The summed E-state index contributed by atoms with van der Waals surface area (Å²) in [7, 11) is 1.66. The van der Waals surface area contributed by atoms with Crippen molar-refractivity contribution < 1.29 is 29.2 Å². The van der Waals surface area contributed by atoms with Gasteiger partial charge in [0, 0.05) is 11.6 Å². The molecule has 1 aromatic rings. The number of fused-ring (bicyclic) bond motifs is 2. The van der Waals surface area contributed by atoms with Gasteiger partial charge >= 0.3 is 5.97 Å². The van der Waals surface area contributed by atoms with Gasteiger partial charge in [0.05, 0.1) is 12.6 Å². The third-order valence-electron chi connectivity index (χ3n) is 4.07. The predicted molar refractivity (Wildman–Crippen MR) is 76.3 cm³/mol. The summed E-state index contributed by atoms with van der Waals surface area (Å²) in [5.41, 5.74) is -0.185. The number of aliphatic hydroxyl groups is 1. The molecular formula is C15H19NO6. The molecular weight excluding hydrogens is 290 g/mol. The zero-order valence-electron chi connectivity index (χ0n) is 12.7.